The Morgan fingerprint density at radius 2 is 2.29 bits per heavy atom. The van der Waals surface area contributed by atoms with Gasteiger partial charge in [-0.2, -0.15) is 5.10 Å². The fourth-order valence-electron chi connectivity index (χ4n) is 1.30. The minimum absolute atomic E-state index is 0.0418. The summed E-state index contributed by atoms with van der Waals surface area (Å²) in [6, 6.07) is 0. The Morgan fingerprint density at radius 1 is 1.59 bits per heavy atom. The summed E-state index contributed by atoms with van der Waals surface area (Å²) in [4.78, 5) is 13.8. The fraction of sp³-hybridized carbons (Fsp3) is 0.667. The lowest BCUT2D eigenvalue weighted by Crippen LogP contribution is -2.19. The highest BCUT2D eigenvalue weighted by molar-refractivity contribution is 5.91. The van der Waals surface area contributed by atoms with Crippen LogP contribution in [0.2, 0.25) is 0 Å². The van der Waals surface area contributed by atoms with Crippen LogP contribution in [0, 0.1) is 5.92 Å². The summed E-state index contributed by atoms with van der Waals surface area (Å²) in [5, 5.41) is 7.07. The first-order valence-electron chi connectivity index (χ1n) is 6.01. The van der Waals surface area contributed by atoms with E-state index in [4.69, 9.17) is 0 Å². The van der Waals surface area contributed by atoms with Crippen molar-refractivity contribution in [3.05, 3.63) is 12.4 Å². The van der Waals surface area contributed by atoms with E-state index in [1.54, 1.807) is 6.20 Å². The molecule has 0 aliphatic carbocycles. The molecule has 0 aliphatic heterocycles. The fourth-order valence-corrected chi connectivity index (χ4v) is 1.30. The molecule has 1 unspecified atom stereocenters. The number of hydrogen-bond donors (Lipinski definition) is 1. The summed E-state index contributed by atoms with van der Waals surface area (Å²) in [5.41, 5.74) is 0.772. The highest BCUT2D eigenvalue weighted by Crippen LogP contribution is 2.09. The number of rotatable bonds is 6. The number of likely N-dealkylation sites (N-methyl/N-ethyl adjacent to an activating group) is 1. The molecule has 1 rings (SSSR count). The molecule has 0 fully saturated rings. The van der Waals surface area contributed by atoms with Gasteiger partial charge in [0.15, 0.2) is 0 Å². The summed E-state index contributed by atoms with van der Waals surface area (Å²) in [5.74, 6) is 0.0970. The average molecular weight is 238 g/mol. The third kappa shape index (κ3) is 4.56. The quantitative estimate of drug-likeness (QED) is 0.815. The number of anilines is 1. The van der Waals surface area contributed by atoms with Crippen LogP contribution in [0.3, 0.4) is 0 Å². The average Bonchev–Trinajstić information content (AvgIpc) is 2.73. The second-order valence-corrected chi connectivity index (χ2v) is 4.59. The van der Waals surface area contributed by atoms with E-state index in [-0.39, 0.29) is 11.8 Å². The molecule has 0 aromatic carbocycles. The smallest absolute Gasteiger partial charge is 0.227 e. The van der Waals surface area contributed by atoms with Crippen LogP contribution in [0.5, 0.6) is 0 Å². The van der Waals surface area contributed by atoms with Crippen LogP contribution in [0.25, 0.3) is 0 Å². The molecular formula is C12H22N4O. The molecule has 96 valence electrons. The third-order valence-corrected chi connectivity index (χ3v) is 2.74. The molecule has 1 aromatic rings. The first kappa shape index (κ1) is 13.7. The third-order valence-electron chi connectivity index (χ3n) is 2.74. The van der Waals surface area contributed by atoms with Crippen LogP contribution in [0.15, 0.2) is 12.4 Å². The minimum Gasteiger partial charge on any atom is -0.323 e. The van der Waals surface area contributed by atoms with Gasteiger partial charge in [-0.3, -0.25) is 9.48 Å². The van der Waals surface area contributed by atoms with E-state index in [0.717, 1.165) is 25.2 Å². The number of carbonyl (C=O) groups is 1. The number of hydrogen-bond acceptors (Lipinski definition) is 3. The lowest BCUT2D eigenvalue weighted by Gasteiger charge is -2.09. The normalized spacial score (nSPS) is 12.8. The maximum absolute atomic E-state index is 11.7. The summed E-state index contributed by atoms with van der Waals surface area (Å²) in [6.45, 7) is 5.68. The number of carbonyl (C=O) groups excluding carboxylic acids is 1. The van der Waals surface area contributed by atoms with Crippen LogP contribution in [0.4, 0.5) is 5.69 Å². The molecule has 0 aliphatic rings. The summed E-state index contributed by atoms with van der Waals surface area (Å²) in [7, 11) is 4.05. The molecule has 0 saturated heterocycles. The predicted octanol–water partition coefficient (Wildman–Crippen LogP) is 1.43. The van der Waals surface area contributed by atoms with Crippen molar-refractivity contribution in [2.45, 2.75) is 26.8 Å². The standard InChI is InChI=1S/C12H22N4O/c1-5-10(2)12(17)14-11-8-13-16(9-11)7-6-15(3)4/h8-10H,5-7H2,1-4H3,(H,14,17). The molecule has 0 bridgehead atoms. The first-order valence-corrected chi connectivity index (χ1v) is 6.01. The Morgan fingerprint density at radius 3 is 2.88 bits per heavy atom. The zero-order valence-corrected chi connectivity index (χ0v) is 11.1. The van der Waals surface area contributed by atoms with Crippen molar-refractivity contribution in [3.8, 4) is 0 Å². The van der Waals surface area contributed by atoms with Crippen LogP contribution < -0.4 is 5.32 Å². The van der Waals surface area contributed by atoms with Gasteiger partial charge < -0.3 is 10.2 Å². The van der Waals surface area contributed by atoms with Crippen LogP contribution in [-0.4, -0.2) is 41.2 Å². The van der Waals surface area contributed by atoms with E-state index in [2.05, 4.69) is 15.3 Å². The number of aromatic nitrogens is 2. The highest BCUT2D eigenvalue weighted by atomic mass is 16.1. The number of nitrogens with one attached hydrogen (secondary N) is 1. The molecule has 1 N–H and O–H groups in total. The molecule has 1 atom stereocenters. The van der Waals surface area contributed by atoms with Gasteiger partial charge in [-0.05, 0) is 20.5 Å². The molecule has 0 spiro atoms. The minimum atomic E-state index is 0.0418. The van der Waals surface area contributed by atoms with Gasteiger partial charge in [-0.1, -0.05) is 13.8 Å². The zero-order chi connectivity index (χ0) is 12.8. The largest absolute Gasteiger partial charge is 0.323 e. The Labute approximate surface area is 103 Å². The summed E-state index contributed by atoms with van der Waals surface area (Å²) < 4.78 is 1.84. The van der Waals surface area contributed by atoms with E-state index < -0.39 is 0 Å². The molecule has 0 saturated carbocycles. The Hall–Kier alpha value is -1.36. The summed E-state index contributed by atoms with van der Waals surface area (Å²) >= 11 is 0. The molecule has 5 heteroatoms. The second kappa shape index (κ2) is 6.39. The first-order chi connectivity index (χ1) is 8.02. The summed E-state index contributed by atoms with van der Waals surface area (Å²) in [6.07, 6.45) is 4.40. The van der Waals surface area contributed by atoms with Crippen molar-refractivity contribution < 1.29 is 4.79 Å². The van der Waals surface area contributed by atoms with Gasteiger partial charge in [0.2, 0.25) is 5.91 Å². The van der Waals surface area contributed by atoms with Crippen LogP contribution in [0.1, 0.15) is 20.3 Å². The topological polar surface area (TPSA) is 50.2 Å². The van der Waals surface area contributed by atoms with E-state index >= 15 is 0 Å². The lowest BCUT2D eigenvalue weighted by atomic mass is 10.1. The van der Waals surface area contributed by atoms with E-state index in [9.17, 15) is 4.79 Å². The lowest BCUT2D eigenvalue weighted by molar-refractivity contribution is -0.119. The Bertz CT molecular complexity index is 359. The van der Waals surface area contributed by atoms with Gasteiger partial charge in [0.25, 0.3) is 0 Å². The van der Waals surface area contributed by atoms with E-state index in [0.29, 0.717) is 0 Å². The van der Waals surface area contributed by atoms with Crippen molar-refractivity contribution >= 4 is 11.6 Å². The van der Waals surface area contributed by atoms with Crippen molar-refractivity contribution in [2.75, 3.05) is 26.0 Å². The molecule has 1 amide bonds. The van der Waals surface area contributed by atoms with Gasteiger partial charge in [0, 0.05) is 18.7 Å². The number of nitrogens with zero attached hydrogens (tertiary/aromatic N) is 3. The van der Waals surface area contributed by atoms with Gasteiger partial charge in [0.05, 0.1) is 18.4 Å². The van der Waals surface area contributed by atoms with Crippen molar-refractivity contribution in [2.24, 2.45) is 5.92 Å². The zero-order valence-electron chi connectivity index (χ0n) is 11.1. The van der Waals surface area contributed by atoms with Gasteiger partial charge in [0.1, 0.15) is 0 Å². The predicted molar refractivity (Wildman–Crippen MR) is 68.9 cm³/mol. The van der Waals surface area contributed by atoms with Crippen LogP contribution >= 0.6 is 0 Å². The number of amides is 1. The monoisotopic (exact) mass is 238 g/mol. The molecule has 5 nitrogen and oxygen atoms in total. The van der Waals surface area contributed by atoms with Crippen molar-refractivity contribution in [1.82, 2.24) is 14.7 Å². The molecule has 1 aromatic heterocycles. The second-order valence-electron chi connectivity index (χ2n) is 4.59. The van der Waals surface area contributed by atoms with Gasteiger partial charge in [-0.25, -0.2) is 0 Å². The maximum Gasteiger partial charge on any atom is 0.227 e. The van der Waals surface area contributed by atoms with E-state index in [1.807, 2.05) is 38.8 Å². The maximum atomic E-state index is 11.7. The van der Waals surface area contributed by atoms with Gasteiger partial charge in [-0.15, -0.1) is 0 Å². The van der Waals surface area contributed by atoms with Crippen molar-refractivity contribution in [1.29, 1.82) is 0 Å². The van der Waals surface area contributed by atoms with Crippen molar-refractivity contribution in [3.63, 3.8) is 0 Å². The molecule has 1 heterocycles. The van der Waals surface area contributed by atoms with Crippen LogP contribution in [-0.2, 0) is 11.3 Å². The van der Waals surface area contributed by atoms with E-state index in [1.165, 1.54) is 0 Å². The highest BCUT2D eigenvalue weighted by Gasteiger charge is 2.11. The Kier molecular flexibility index (Phi) is 5.15. The SMILES string of the molecule is CCC(C)C(=O)Nc1cnn(CCN(C)C)c1. The molecule has 0 radical (unpaired) electrons. The molecular weight excluding hydrogens is 216 g/mol. The Balaban J connectivity index is 2.48. The van der Waals surface area contributed by atoms with Gasteiger partial charge >= 0.3 is 0 Å². The molecule has 17 heavy (non-hydrogen) atoms.